The molecule has 134 valence electrons. The molecular formula is C20H18O3S3. The summed E-state index contributed by atoms with van der Waals surface area (Å²) in [6, 6.07) is 17.5. The maximum atomic E-state index is 13.1. The fourth-order valence-corrected chi connectivity index (χ4v) is 6.10. The molecule has 0 aliphatic heterocycles. The van der Waals surface area contributed by atoms with Gasteiger partial charge in [0.25, 0.3) is 0 Å². The molecule has 1 aromatic heterocycles. The number of benzene rings is 2. The molecule has 3 rings (SSSR count). The minimum atomic E-state index is -3.71. The molecule has 3 nitrogen and oxygen atoms in total. The molecular weight excluding hydrogens is 384 g/mol. The van der Waals surface area contributed by atoms with Crippen molar-refractivity contribution < 1.29 is 12.6 Å². The maximum absolute atomic E-state index is 13.1. The first-order valence-electron chi connectivity index (χ1n) is 7.92. The van der Waals surface area contributed by atoms with Gasteiger partial charge in [-0.3, -0.25) is 0 Å². The van der Waals surface area contributed by atoms with Crippen LogP contribution in [0.5, 0.6) is 0 Å². The van der Waals surface area contributed by atoms with Crippen molar-refractivity contribution in [2.75, 3.05) is 0 Å². The molecule has 26 heavy (non-hydrogen) atoms. The van der Waals surface area contributed by atoms with Crippen molar-refractivity contribution >= 4 is 36.9 Å². The summed E-state index contributed by atoms with van der Waals surface area (Å²) in [5, 5.41) is 2.98. The third-order valence-corrected chi connectivity index (χ3v) is 7.90. The highest BCUT2D eigenvalue weighted by molar-refractivity contribution is 7.99. The van der Waals surface area contributed by atoms with Crippen LogP contribution in [-0.2, 0) is 20.6 Å². The van der Waals surface area contributed by atoms with E-state index in [0.29, 0.717) is 14.7 Å². The largest absolute Gasteiger partial charge is 0.249 e. The Morgan fingerprint density at radius 3 is 2.04 bits per heavy atom. The van der Waals surface area contributed by atoms with E-state index >= 15 is 0 Å². The van der Waals surface area contributed by atoms with Crippen LogP contribution in [0, 0.1) is 13.8 Å². The summed E-state index contributed by atoms with van der Waals surface area (Å²) >= 11 is 1.37. The quantitative estimate of drug-likeness (QED) is 0.607. The number of thiophene rings is 1. The molecule has 2 aromatic carbocycles. The molecule has 1 atom stereocenters. The Bertz CT molecular complexity index is 1040. The van der Waals surface area contributed by atoms with E-state index in [9.17, 15) is 12.6 Å². The Labute approximate surface area is 160 Å². The highest BCUT2D eigenvalue weighted by atomic mass is 32.2. The van der Waals surface area contributed by atoms with Crippen LogP contribution in [0.15, 0.2) is 81.2 Å². The predicted octanol–water partition coefficient (Wildman–Crippen LogP) is 4.95. The second-order valence-electron chi connectivity index (χ2n) is 5.90. The van der Waals surface area contributed by atoms with Crippen LogP contribution in [-0.4, -0.2) is 12.6 Å². The second-order valence-corrected chi connectivity index (χ2v) is 10.1. The highest BCUT2D eigenvalue weighted by Crippen LogP contribution is 2.30. The molecule has 3 aromatic rings. The average Bonchev–Trinajstić information content (AvgIpc) is 3.14. The van der Waals surface area contributed by atoms with Gasteiger partial charge in [0, 0.05) is 9.77 Å². The third kappa shape index (κ3) is 4.20. The molecule has 0 aliphatic carbocycles. The van der Waals surface area contributed by atoms with Crippen LogP contribution >= 0.6 is 11.3 Å². The van der Waals surface area contributed by atoms with Crippen molar-refractivity contribution in [3.8, 4) is 0 Å². The van der Waals surface area contributed by atoms with Crippen LogP contribution in [0.1, 0.15) is 16.0 Å². The van der Waals surface area contributed by atoms with Crippen LogP contribution in [0.3, 0.4) is 0 Å². The van der Waals surface area contributed by atoms with E-state index in [1.807, 2.05) is 37.4 Å². The lowest BCUT2D eigenvalue weighted by Gasteiger charge is -2.08. The normalized spacial score (nSPS) is 13.5. The van der Waals surface area contributed by atoms with Crippen molar-refractivity contribution in [1.82, 2.24) is 0 Å². The predicted molar refractivity (Wildman–Crippen MR) is 108 cm³/mol. The first kappa shape index (κ1) is 18.8. The number of hydrogen-bond acceptors (Lipinski definition) is 4. The van der Waals surface area contributed by atoms with Crippen LogP contribution in [0.25, 0.3) is 4.91 Å². The van der Waals surface area contributed by atoms with Crippen molar-refractivity contribution in [2.45, 2.75) is 23.6 Å². The molecule has 0 saturated heterocycles. The van der Waals surface area contributed by atoms with Crippen LogP contribution in [0.4, 0.5) is 0 Å². The molecule has 0 fully saturated rings. The van der Waals surface area contributed by atoms with Gasteiger partial charge in [-0.25, -0.2) is 12.6 Å². The lowest BCUT2D eigenvalue weighted by Crippen LogP contribution is -2.02. The van der Waals surface area contributed by atoms with E-state index in [0.717, 1.165) is 16.5 Å². The third-order valence-electron chi connectivity index (χ3n) is 3.81. The van der Waals surface area contributed by atoms with Crippen molar-refractivity contribution in [3.05, 3.63) is 87.5 Å². The lowest BCUT2D eigenvalue weighted by atomic mass is 10.2. The molecule has 0 aliphatic rings. The van der Waals surface area contributed by atoms with Gasteiger partial charge in [0.05, 0.1) is 26.0 Å². The average molecular weight is 403 g/mol. The Hall–Kier alpha value is -2.02. The minimum Gasteiger partial charge on any atom is -0.249 e. The fraction of sp³-hybridized carbons (Fsp3) is 0.100. The van der Waals surface area contributed by atoms with Gasteiger partial charge in [-0.2, -0.15) is 0 Å². The molecule has 0 spiro atoms. The smallest absolute Gasteiger partial charge is 0.201 e. The summed E-state index contributed by atoms with van der Waals surface area (Å²) in [5.74, 6) is 0. The molecule has 0 N–H and O–H groups in total. The maximum Gasteiger partial charge on any atom is 0.201 e. The summed E-state index contributed by atoms with van der Waals surface area (Å²) in [7, 11) is -5.30. The second kappa shape index (κ2) is 7.70. The van der Waals surface area contributed by atoms with E-state index in [4.69, 9.17) is 0 Å². The molecule has 0 amide bonds. The van der Waals surface area contributed by atoms with Crippen LogP contribution < -0.4 is 0 Å². The molecule has 6 heteroatoms. The van der Waals surface area contributed by atoms with E-state index in [1.165, 1.54) is 11.3 Å². The zero-order valence-corrected chi connectivity index (χ0v) is 16.8. The monoisotopic (exact) mass is 402 g/mol. The fourth-order valence-electron chi connectivity index (χ4n) is 2.34. The van der Waals surface area contributed by atoms with Crippen molar-refractivity contribution in [1.29, 1.82) is 0 Å². The van der Waals surface area contributed by atoms with E-state index in [1.54, 1.807) is 42.5 Å². The highest BCUT2D eigenvalue weighted by Gasteiger charge is 2.20. The summed E-state index contributed by atoms with van der Waals surface area (Å²) in [4.78, 5) is 1.75. The van der Waals surface area contributed by atoms with Crippen molar-refractivity contribution in [2.24, 2.45) is 0 Å². The van der Waals surface area contributed by atoms with Gasteiger partial charge >= 0.3 is 0 Å². The van der Waals surface area contributed by atoms with Gasteiger partial charge in [0.15, 0.2) is 0 Å². The van der Waals surface area contributed by atoms with Gasteiger partial charge in [-0.1, -0.05) is 41.5 Å². The van der Waals surface area contributed by atoms with Gasteiger partial charge in [-0.05, 0) is 49.6 Å². The molecule has 0 saturated carbocycles. The Morgan fingerprint density at radius 1 is 0.923 bits per heavy atom. The van der Waals surface area contributed by atoms with Gasteiger partial charge < -0.3 is 0 Å². The Kier molecular flexibility index (Phi) is 5.55. The number of aryl methyl sites for hydroxylation is 2. The zero-order valence-electron chi connectivity index (χ0n) is 14.4. The summed E-state index contributed by atoms with van der Waals surface area (Å²) in [6.07, 6.45) is 0. The van der Waals surface area contributed by atoms with Crippen molar-refractivity contribution in [3.63, 3.8) is 0 Å². The summed E-state index contributed by atoms with van der Waals surface area (Å²) < 4.78 is 38.8. The first-order valence-corrected chi connectivity index (χ1v) is 11.5. The van der Waals surface area contributed by atoms with Gasteiger partial charge in [0.1, 0.15) is 0 Å². The Morgan fingerprint density at radius 2 is 1.50 bits per heavy atom. The van der Waals surface area contributed by atoms with Gasteiger partial charge in [-0.15, -0.1) is 11.3 Å². The van der Waals surface area contributed by atoms with E-state index in [-0.39, 0.29) is 4.90 Å². The lowest BCUT2D eigenvalue weighted by molar-refractivity contribution is 0.604. The number of rotatable bonds is 5. The standard InChI is InChI=1S/C20H18O3S3/c1-15-5-9-17(10-6-15)25(21)20(19-4-3-13-24-19)14-26(22,23)18-11-7-16(2)8-12-18/h3-14H,1-2H3. The Balaban J connectivity index is 2.09. The topological polar surface area (TPSA) is 51.2 Å². The molecule has 0 bridgehead atoms. The van der Waals surface area contributed by atoms with E-state index in [2.05, 4.69) is 0 Å². The number of hydrogen-bond donors (Lipinski definition) is 0. The summed E-state index contributed by atoms with van der Waals surface area (Å²) in [5.41, 5.74) is 2.04. The van der Waals surface area contributed by atoms with E-state index < -0.39 is 20.6 Å². The minimum absolute atomic E-state index is 0.193. The first-order chi connectivity index (χ1) is 12.4. The van der Waals surface area contributed by atoms with Gasteiger partial charge in [0.2, 0.25) is 9.84 Å². The zero-order chi connectivity index (χ0) is 18.7. The van der Waals surface area contributed by atoms with Crippen LogP contribution in [0.2, 0.25) is 0 Å². The number of sulfone groups is 1. The SMILES string of the molecule is Cc1ccc(S(=O)C(=CS(=O)(=O)c2ccc(C)cc2)c2cccs2)cc1. The molecule has 1 heterocycles. The molecule has 1 unspecified atom stereocenters. The molecule has 0 radical (unpaired) electrons. The summed E-state index contributed by atoms with van der Waals surface area (Å²) in [6.45, 7) is 3.85.